The van der Waals surface area contributed by atoms with Gasteiger partial charge in [0.1, 0.15) is 0 Å². The lowest BCUT2D eigenvalue weighted by atomic mass is 9.99. The van der Waals surface area contributed by atoms with Gasteiger partial charge in [0.2, 0.25) is 0 Å². The third-order valence-electron chi connectivity index (χ3n) is 4.17. The summed E-state index contributed by atoms with van der Waals surface area (Å²) in [5, 5.41) is 0. The van der Waals surface area contributed by atoms with Crippen molar-refractivity contribution in [3.05, 3.63) is 69.7 Å². The van der Waals surface area contributed by atoms with Crippen molar-refractivity contribution in [1.82, 2.24) is 4.90 Å². The van der Waals surface area contributed by atoms with E-state index in [9.17, 15) is 9.59 Å². The molecule has 1 aliphatic heterocycles. The Morgan fingerprint density at radius 3 is 2.50 bits per heavy atom. The van der Waals surface area contributed by atoms with Crippen LogP contribution in [0.5, 0.6) is 0 Å². The molecular formula is C19H18BrNO3. The van der Waals surface area contributed by atoms with Gasteiger partial charge in [0.15, 0.2) is 6.10 Å². The molecule has 3 rings (SSSR count). The van der Waals surface area contributed by atoms with Crippen molar-refractivity contribution in [2.75, 3.05) is 6.54 Å². The van der Waals surface area contributed by atoms with Crippen molar-refractivity contribution in [2.45, 2.75) is 26.0 Å². The van der Waals surface area contributed by atoms with Crippen LogP contribution in [-0.2, 0) is 22.5 Å². The summed E-state index contributed by atoms with van der Waals surface area (Å²) in [7, 11) is 0. The fourth-order valence-electron chi connectivity index (χ4n) is 2.84. The summed E-state index contributed by atoms with van der Waals surface area (Å²) in [5.41, 5.74) is 2.85. The van der Waals surface area contributed by atoms with Crippen LogP contribution in [-0.4, -0.2) is 29.4 Å². The minimum Gasteiger partial charge on any atom is -0.449 e. The third-order valence-corrected chi connectivity index (χ3v) is 4.86. The van der Waals surface area contributed by atoms with E-state index in [0.29, 0.717) is 23.1 Å². The zero-order valence-electron chi connectivity index (χ0n) is 13.4. The molecule has 0 saturated carbocycles. The monoisotopic (exact) mass is 387 g/mol. The number of ether oxygens (including phenoxy) is 1. The van der Waals surface area contributed by atoms with E-state index in [1.165, 1.54) is 5.56 Å². The van der Waals surface area contributed by atoms with Gasteiger partial charge in [0, 0.05) is 17.6 Å². The number of carbonyl (C=O) groups excluding carboxylic acids is 2. The van der Waals surface area contributed by atoms with Gasteiger partial charge in [-0.15, -0.1) is 0 Å². The Labute approximate surface area is 149 Å². The maximum absolute atomic E-state index is 12.6. The number of carbonyl (C=O) groups is 2. The van der Waals surface area contributed by atoms with Gasteiger partial charge in [-0.25, -0.2) is 4.79 Å². The smallest absolute Gasteiger partial charge is 0.340 e. The fraction of sp³-hybridized carbons (Fsp3) is 0.263. The van der Waals surface area contributed by atoms with Gasteiger partial charge in [0.25, 0.3) is 5.91 Å². The van der Waals surface area contributed by atoms with Crippen molar-refractivity contribution in [3.63, 3.8) is 0 Å². The average Bonchev–Trinajstić information content (AvgIpc) is 2.60. The zero-order chi connectivity index (χ0) is 17.1. The second-order valence-corrected chi connectivity index (χ2v) is 6.66. The van der Waals surface area contributed by atoms with Crippen molar-refractivity contribution in [2.24, 2.45) is 0 Å². The number of benzene rings is 2. The zero-order valence-corrected chi connectivity index (χ0v) is 15.0. The SMILES string of the molecule is C[C@@H](OC(=O)c1ccccc1Br)C(=O)N1CCc2ccccc2C1. The molecule has 1 aliphatic rings. The highest BCUT2D eigenvalue weighted by Crippen LogP contribution is 2.21. The normalized spacial score (nSPS) is 14.7. The molecule has 4 nitrogen and oxygen atoms in total. The van der Waals surface area contributed by atoms with E-state index in [2.05, 4.69) is 22.0 Å². The standard InChI is InChI=1S/C19H18BrNO3/c1-13(24-19(23)16-8-4-5-9-17(16)20)18(22)21-11-10-14-6-2-3-7-15(14)12-21/h2-9,13H,10-12H2,1H3/t13-/m1/s1. The van der Waals surface area contributed by atoms with Gasteiger partial charge in [-0.1, -0.05) is 36.4 Å². The van der Waals surface area contributed by atoms with E-state index >= 15 is 0 Å². The fourth-order valence-corrected chi connectivity index (χ4v) is 3.29. The van der Waals surface area contributed by atoms with Gasteiger partial charge < -0.3 is 9.64 Å². The highest BCUT2D eigenvalue weighted by molar-refractivity contribution is 9.10. The Bertz CT molecular complexity index is 775. The lowest BCUT2D eigenvalue weighted by Gasteiger charge is -2.30. The summed E-state index contributed by atoms with van der Waals surface area (Å²) < 4.78 is 6.01. The van der Waals surface area contributed by atoms with Gasteiger partial charge in [-0.3, -0.25) is 4.79 Å². The number of hydrogen-bond acceptors (Lipinski definition) is 3. The maximum Gasteiger partial charge on any atom is 0.340 e. The molecule has 0 aromatic heterocycles. The average molecular weight is 388 g/mol. The number of amides is 1. The first-order chi connectivity index (χ1) is 11.6. The molecule has 0 unspecified atom stereocenters. The second kappa shape index (κ2) is 7.18. The van der Waals surface area contributed by atoms with E-state index in [1.54, 1.807) is 30.0 Å². The highest BCUT2D eigenvalue weighted by atomic mass is 79.9. The van der Waals surface area contributed by atoms with Crippen LogP contribution in [0.1, 0.15) is 28.4 Å². The van der Waals surface area contributed by atoms with Crippen LogP contribution in [0, 0.1) is 0 Å². The third kappa shape index (κ3) is 3.51. The minimum atomic E-state index is -0.810. The van der Waals surface area contributed by atoms with Gasteiger partial charge in [-0.05, 0) is 52.5 Å². The molecule has 1 atom stereocenters. The Balaban J connectivity index is 1.65. The Morgan fingerprint density at radius 2 is 1.75 bits per heavy atom. The van der Waals surface area contributed by atoms with Gasteiger partial charge in [-0.2, -0.15) is 0 Å². The number of fused-ring (bicyclic) bond motifs is 1. The van der Waals surface area contributed by atoms with Crippen molar-refractivity contribution < 1.29 is 14.3 Å². The maximum atomic E-state index is 12.6. The molecule has 1 amide bonds. The molecule has 0 radical (unpaired) electrons. The Morgan fingerprint density at radius 1 is 1.08 bits per heavy atom. The number of rotatable bonds is 3. The number of hydrogen-bond donors (Lipinski definition) is 0. The van der Waals surface area contributed by atoms with Crippen LogP contribution >= 0.6 is 15.9 Å². The summed E-state index contributed by atoms with van der Waals surface area (Å²) in [6, 6.07) is 15.1. The molecule has 0 aliphatic carbocycles. The van der Waals surface area contributed by atoms with E-state index in [-0.39, 0.29) is 5.91 Å². The van der Waals surface area contributed by atoms with Crippen molar-refractivity contribution >= 4 is 27.8 Å². The highest BCUT2D eigenvalue weighted by Gasteiger charge is 2.27. The molecule has 2 aromatic carbocycles. The molecular weight excluding hydrogens is 370 g/mol. The van der Waals surface area contributed by atoms with Crippen LogP contribution in [0.3, 0.4) is 0 Å². The Kier molecular flexibility index (Phi) is 5.00. The lowest BCUT2D eigenvalue weighted by molar-refractivity contribution is -0.140. The molecule has 0 N–H and O–H groups in total. The van der Waals surface area contributed by atoms with Crippen LogP contribution in [0.15, 0.2) is 53.0 Å². The number of esters is 1. The molecule has 24 heavy (non-hydrogen) atoms. The summed E-state index contributed by atoms with van der Waals surface area (Å²) in [5.74, 6) is -0.661. The predicted molar refractivity (Wildman–Crippen MR) is 94.6 cm³/mol. The van der Waals surface area contributed by atoms with Crippen LogP contribution in [0.2, 0.25) is 0 Å². The minimum absolute atomic E-state index is 0.162. The topological polar surface area (TPSA) is 46.6 Å². The molecule has 0 bridgehead atoms. The molecule has 0 spiro atoms. The molecule has 5 heteroatoms. The molecule has 1 heterocycles. The summed E-state index contributed by atoms with van der Waals surface area (Å²) in [6.07, 6.45) is 0.0159. The molecule has 0 saturated heterocycles. The largest absolute Gasteiger partial charge is 0.449 e. The number of nitrogens with zero attached hydrogens (tertiary/aromatic N) is 1. The van der Waals surface area contributed by atoms with E-state index in [4.69, 9.17) is 4.74 Å². The quantitative estimate of drug-likeness (QED) is 0.756. The Hall–Kier alpha value is -2.14. The summed E-state index contributed by atoms with van der Waals surface area (Å²) >= 11 is 3.32. The van der Waals surface area contributed by atoms with Gasteiger partial charge in [0.05, 0.1) is 5.56 Å². The molecule has 2 aromatic rings. The van der Waals surface area contributed by atoms with Gasteiger partial charge >= 0.3 is 5.97 Å². The first-order valence-corrected chi connectivity index (χ1v) is 8.66. The second-order valence-electron chi connectivity index (χ2n) is 5.81. The van der Waals surface area contributed by atoms with Crippen LogP contribution in [0.4, 0.5) is 0 Å². The van der Waals surface area contributed by atoms with Crippen molar-refractivity contribution in [3.8, 4) is 0 Å². The molecule has 124 valence electrons. The first kappa shape index (κ1) is 16.7. The number of halogens is 1. The van der Waals surface area contributed by atoms with Crippen LogP contribution in [0.25, 0.3) is 0 Å². The van der Waals surface area contributed by atoms with Crippen molar-refractivity contribution in [1.29, 1.82) is 0 Å². The summed E-state index contributed by atoms with van der Waals surface area (Å²) in [4.78, 5) is 26.6. The summed E-state index contributed by atoms with van der Waals surface area (Å²) in [6.45, 7) is 2.83. The van der Waals surface area contributed by atoms with E-state index in [0.717, 1.165) is 12.0 Å². The first-order valence-electron chi connectivity index (χ1n) is 7.87. The lowest BCUT2D eigenvalue weighted by Crippen LogP contribution is -2.42. The predicted octanol–water partition coefficient (Wildman–Crippen LogP) is 3.58. The molecule has 0 fully saturated rings. The van der Waals surface area contributed by atoms with E-state index in [1.807, 2.05) is 24.3 Å². The van der Waals surface area contributed by atoms with Crippen LogP contribution < -0.4 is 0 Å². The van der Waals surface area contributed by atoms with E-state index < -0.39 is 12.1 Å².